The predicted molar refractivity (Wildman–Crippen MR) is 80.3 cm³/mol. The number of methoxy groups -OCH3 is 3. The summed E-state index contributed by atoms with van der Waals surface area (Å²) in [5, 5.41) is 0. The first-order valence-corrected chi connectivity index (χ1v) is 6.87. The lowest BCUT2D eigenvalue weighted by atomic mass is 9.71. The Morgan fingerprint density at radius 3 is 1.83 bits per heavy atom. The largest absolute Gasteiger partial charge is 0.467 e. The minimum atomic E-state index is -2.35. The van der Waals surface area contributed by atoms with Gasteiger partial charge in [0.15, 0.2) is 0 Å². The number of hydrogen-bond acceptors (Lipinski definition) is 7. The number of alkyl halides is 1. The van der Waals surface area contributed by atoms with E-state index in [1.54, 1.807) is 30.3 Å². The molecule has 122 valence electrons. The average Bonchev–Trinajstić information content (AvgIpc) is 2.59. The molecule has 0 N–H and O–H groups in total. The zero-order valence-corrected chi connectivity index (χ0v) is 13.4. The van der Waals surface area contributed by atoms with Crippen molar-refractivity contribution in [1.82, 2.24) is 0 Å². The fraction of sp³-hybridized carbons (Fsp3) is 0.333. The van der Waals surface area contributed by atoms with Crippen molar-refractivity contribution in [3.63, 3.8) is 0 Å². The molecule has 8 heteroatoms. The van der Waals surface area contributed by atoms with Crippen molar-refractivity contribution in [3.8, 4) is 0 Å². The van der Waals surface area contributed by atoms with Crippen LogP contribution in [0.25, 0.3) is 0 Å². The van der Waals surface area contributed by atoms with Gasteiger partial charge in [0.2, 0.25) is 4.87 Å². The molecule has 0 saturated carbocycles. The van der Waals surface area contributed by atoms with Crippen molar-refractivity contribution in [2.24, 2.45) is 4.99 Å². The molecule has 0 spiro atoms. The van der Waals surface area contributed by atoms with E-state index >= 15 is 0 Å². The number of hydrogen-bond donors (Lipinski definition) is 0. The Labute approximate surface area is 137 Å². The Balaban J connectivity index is 2.72. The third-order valence-electron chi connectivity index (χ3n) is 3.58. The molecule has 0 saturated heterocycles. The van der Waals surface area contributed by atoms with Gasteiger partial charge in [-0.1, -0.05) is 41.9 Å². The highest BCUT2D eigenvalue weighted by Crippen LogP contribution is 2.47. The molecule has 0 aromatic heterocycles. The normalized spacial score (nSPS) is 21.5. The number of carbonyl (C=O) groups excluding carboxylic acids is 3. The summed E-state index contributed by atoms with van der Waals surface area (Å²) in [6.45, 7) is 0. The molecular formula is C15H14ClNO6. The third kappa shape index (κ3) is 2.11. The molecule has 1 atom stereocenters. The van der Waals surface area contributed by atoms with Crippen LogP contribution < -0.4 is 0 Å². The van der Waals surface area contributed by atoms with Gasteiger partial charge in [-0.15, -0.1) is 0 Å². The molecule has 23 heavy (non-hydrogen) atoms. The maximum atomic E-state index is 12.3. The molecule has 1 aliphatic heterocycles. The lowest BCUT2D eigenvalue weighted by Gasteiger charge is -2.45. The predicted octanol–water partition coefficient (Wildman–Crippen LogP) is 0.725. The van der Waals surface area contributed by atoms with Crippen molar-refractivity contribution >= 4 is 35.2 Å². The van der Waals surface area contributed by atoms with Gasteiger partial charge in [-0.3, -0.25) is 4.99 Å². The number of halogens is 1. The molecule has 1 aliphatic rings. The number of ether oxygens (including phenoxy) is 3. The summed E-state index contributed by atoms with van der Waals surface area (Å²) in [4.78, 5) is 38.6. The minimum absolute atomic E-state index is 0.0300. The molecule has 1 aromatic rings. The Morgan fingerprint density at radius 2 is 1.39 bits per heavy atom. The maximum Gasteiger partial charge on any atom is 0.348 e. The van der Waals surface area contributed by atoms with Gasteiger partial charge >= 0.3 is 17.9 Å². The molecule has 2 rings (SSSR count). The second kappa shape index (κ2) is 6.00. The zero-order chi connectivity index (χ0) is 17.3. The summed E-state index contributed by atoms with van der Waals surface area (Å²) in [5.74, 6) is -3.22. The van der Waals surface area contributed by atoms with Crippen molar-refractivity contribution in [2.75, 3.05) is 21.3 Å². The molecule has 1 aromatic carbocycles. The Morgan fingerprint density at radius 1 is 0.913 bits per heavy atom. The van der Waals surface area contributed by atoms with E-state index in [9.17, 15) is 14.4 Å². The monoisotopic (exact) mass is 339 g/mol. The third-order valence-corrected chi connectivity index (χ3v) is 4.19. The number of carbonyl (C=O) groups is 3. The van der Waals surface area contributed by atoms with Crippen molar-refractivity contribution in [3.05, 3.63) is 35.9 Å². The Bertz CT molecular complexity index is 670. The lowest BCUT2D eigenvalue weighted by molar-refractivity contribution is -0.168. The quantitative estimate of drug-likeness (QED) is 0.347. The van der Waals surface area contributed by atoms with E-state index in [2.05, 4.69) is 19.2 Å². The number of nitrogens with zero attached hydrogens (tertiary/aromatic N) is 1. The first-order chi connectivity index (χ1) is 10.9. The van der Waals surface area contributed by atoms with Gasteiger partial charge < -0.3 is 14.2 Å². The highest BCUT2D eigenvalue weighted by atomic mass is 35.5. The van der Waals surface area contributed by atoms with E-state index in [-0.39, 0.29) is 5.71 Å². The van der Waals surface area contributed by atoms with E-state index in [0.29, 0.717) is 5.56 Å². The van der Waals surface area contributed by atoms with Gasteiger partial charge in [-0.25, -0.2) is 14.4 Å². The van der Waals surface area contributed by atoms with Crippen LogP contribution in [-0.2, 0) is 28.6 Å². The van der Waals surface area contributed by atoms with E-state index in [1.807, 2.05) is 0 Å². The Kier molecular flexibility index (Phi) is 4.42. The molecule has 0 fully saturated rings. The van der Waals surface area contributed by atoms with Gasteiger partial charge in [0.05, 0.1) is 27.0 Å². The Hall–Kier alpha value is -2.41. The van der Waals surface area contributed by atoms with Crippen LogP contribution in [0.3, 0.4) is 0 Å². The van der Waals surface area contributed by atoms with Gasteiger partial charge in [0, 0.05) is 0 Å². The molecule has 1 unspecified atom stereocenters. The van der Waals surface area contributed by atoms with E-state index in [1.165, 1.54) is 0 Å². The number of esters is 3. The fourth-order valence-electron chi connectivity index (χ4n) is 2.44. The summed E-state index contributed by atoms with van der Waals surface area (Å²) in [6.07, 6.45) is 0. The molecule has 0 amide bonds. The van der Waals surface area contributed by atoms with Gasteiger partial charge in [-0.05, 0) is 5.56 Å². The van der Waals surface area contributed by atoms with Crippen molar-refractivity contribution < 1.29 is 28.6 Å². The second-order valence-electron chi connectivity index (χ2n) is 4.67. The summed E-state index contributed by atoms with van der Waals surface area (Å²) in [7, 11) is 3.20. The highest BCUT2D eigenvalue weighted by molar-refractivity contribution is 6.57. The zero-order valence-electron chi connectivity index (χ0n) is 12.7. The molecule has 0 aliphatic carbocycles. The molecule has 0 bridgehead atoms. The van der Waals surface area contributed by atoms with Crippen LogP contribution in [0.15, 0.2) is 35.3 Å². The average molecular weight is 340 g/mol. The van der Waals surface area contributed by atoms with E-state index in [4.69, 9.17) is 11.6 Å². The molecule has 1 heterocycles. The lowest BCUT2D eigenvalue weighted by Crippen LogP contribution is -2.75. The minimum Gasteiger partial charge on any atom is -0.467 e. The van der Waals surface area contributed by atoms with Crippen molar-refractivity contribution in [2.45, 2.75) is 10.4 Å². The van der Waals surface area contributed by atoms with Crippen LogP contribution in [-0.4, -0.2) is 55.4 Å². The van der Waals surface area contributed by atoms with E-state index in [0.717, 1.165) is 21.3 Å². The summed E-state index contributed by atoms with van der Waals surface area (Å²) in [5.41, 5.74) is -1.85. The molecular weight excluding hydrogens is 326 g/mol. The van der Waals surface area contributed by atoms with Crippen LogP contribution in [0.2, 0.25) is 0 Å². The first kappa shape index (κ1) is 17.0. The molecule has 0 radical (unpaired) electrons. The number of aliphatic imine (C=N–C) groups is 1. The summed E-state index contributed by atoms with van der Waals surface area (Å²) >= 11 is 6.42. The SMILES string of the molecule is COC(=O)C1(Cl)C(c2ccccc2)=NC1(C(=O)OC)C(=O)OC. The van der Waals surface area contributed by atoms with E-state index < -0.39 is 28.3 Å². The van der Waals surface area contributed by atoms with Crippen LogP contribution in [0.1, 0.15) is 5.56 Å². The van der Waals surface area contributed by atoms with Crippen LogP contribution >= 0.6 is 11.6 Å². The summed E-state index contributed by atoms with van der Waals surface area (Å²) in [6, 6.07) is 8.42. The van der Waals surface area contributed by atoms with Crippen LogP contribution in [0.5, 0.6) is 0 Å². The smallest absolute Gasteiger partial charge is 0.348 e. The van der Waals surface area contributed by atoms with Gasteiger partial charge in [0.25, 0.3) is 5.54 Å². The fourth-order valence-corrected chi connectivity index (χ4v) is 2.86. The topological polar surface area (TPSA) is 91.3 Å². The number of rotatable bonds is 4. The first-order valence-electron chi connectivity index (χ1n) is 6.50. The standard InChI is InChI=1S/C15H14ClNO6/c1-21-11(18)14(16)10(9-7-5-4-6-8-9)17-15(14,12(19)22-2)13(20)23-3/h4-8H,1-3H3. The maximum absolute atomic E-state index is 12.3. The highest BCUT2D eigenvalue weighted by Gasteiger charge is 2.77. The van der Waals surface area contributed by atoms with Gasteiger partial charge in [-0.2, -0.15) is 0 Å². The van der Waals surface area contributed by atoms with Crippen molar-refractivity contribution in [1.29, 1.82) is 0 Å². The number of benzene rings is 1. The van der Waals surface area contributed by atoms with Crippen LogP contribution in [0.4, 0.5) is 0 Å². The second-order valence-corrected chi connectivity index (χ2v) is 5.24. The summed E-state index contributed by atoms with van der Waals surface area (Å²) < 4.78 is 13.9. The molecule has 7 nitrogen and oxygen atoms in total. The van der Waals surface area contributed by atoms with Gasteiger partial charge in [0.1, 0.15) is 0 Å². The van der Waals surface area contributed by atoms with Crippen LogP contribution in [0, 0.1) is 0 Å².